The number of hydrogen-bond acceptors (Lipinski definition) is 5. The van der Waals surface area contributed by atoms with Crippen LogP contribution in [0.25, 0.3) is 11.1 Å². The van der Waals surface area contributed by atoms with Crippen molar-refractivity contribution in [1.29, 1.82) is 0 Å². The highest BCUT2D eigenvalue weighted by Crippen LogP contribution is 2.52. The molecule has 0 fully saturated rings. The summed E-state index contributed by atoms with van der Waals surface area (Å²) in [6, 6.07) is 7.54. The monoisotopic (exact) mass is 376 g/mol. The largest absolute Gasteiger partial charge is 0.529 e. The molecule has 0 atom stereocenters. The molecule has 0 heterocycles. The summed E-state index contributed by atoms with van der Waals surface area (Å²) in [5.41, 5.74) is 5.85. The Bertz CT molecular complexity index is 865. The summed E-state index contributed by atoms with van der Waals surface area (Å²) in [5, 5.41) is 0. The quantitative estimate of drug-likeness (QED) is 0.445. The maximum atomic E-state index is 12.5. The lowest BCUT2D eigenvalue weighted by Gasteiger charge is -2.22. The Kier molecular flexibility index (Phi) is 6.30. The molecule has 140 valence electrons. The lowest BCUT2D eigenvalue weighted by Crippen LogP contribution is -2.02. The summed E-state index contributed by atoms with van der Waals surface area (Å²) in [4.78, 5) is 0. The van der Waals surface area contributed by atoms with E-state index in [4.69, 9.17) is 18.3 Å². The Labute approximate surface area is 155 Å². The van der Waals surface area contributed by atoms with E-state index >= 15 is 0 Å². The molecule has 0 saturated heterocycles. The first-order valence-corrected chi connectivity index (χ1v) is 9.63. The first-order valence-electron chi connectivity index (χ1n) is 8.17. The fourth-order valence-corrected chi connectivity index (χ4v) is 3.43. The molecular formula is C20H25O5P. The highest BCUT2D eigenvalue weighted by molar-refractivity contribution is 7.48. The summed E-state index contributed by atoms with van der Waals surface area (Å²) < 4.78 is 33.8. The molecule has 2 aromatic carbocycles. The molecule has 0 unspecified atom stereocenters. The van der Waals surface area contributed by atoms with Gasteiger partial charge < -0.3 is 9.26 Å². The molecular weight excluding hydrogens is 351 g/mol. The van der Waals surface area contributed by atoms with E-state index in [9.17, 15) is 4.57 Å². The average Bonchev–Trinajstić information content (AvgIpc) is 2.63. The number of phosphoric acid groups is 1. The van der Waals surface area contributed by atoms with Crippen LogP contribution in [0.15, 0.2) is 37.1 Å². The third kappa shape index (κ3) is 3.85. The second-order valence-electron chi connectivity index (χ2n) is 5.95. The molecule has 0 saturated carbocycles. The van der Waals surface area contributed by atoms with Crippen LogP contribution in [0.1, 0.15) is 22.3 Å². The van der Waals surface area contributed by atoms with Crippen LogP contribution in [0.5, 0.6) is 11.5 Å². The van der Waals surface area contributed by atoms with Crippen LogP contribution in [-0.4, -0.2) is 14.2 Å². The van der Waals surface area contributed by atoms with E-state index in [-0.39, 0.29) is 0 Å². The van der Waals surface area contributed by atoms with E-state index in [0.717, 1.165) is 33.4 Å². The predicted octanol–water partition coefficient (Wildman–Crippen LogP) is 5.89. The number of hydrogen-bond donors (Lipinski definition) is 0. The van der Waals surface area contributed by atoms with Gasteiger partial charge in [-0.1, -0.05) is 18.7 Å². The first-order chi connectivity index (χ1) is 12.3. The second kappa shape index (κ2) is 8.09. The molecule has 0 amide bonds. The van der Waals surface area contributed by atoms with Crippen LogP contribution in [0.2, 0.25) is 0 Å². The lowest BCUT2D eigenvalue weighted by atomic mass is 9.90. The summed E-state index contributed by atoms with van der Waals surface area (Å²) >= 11 is 0. The molecule has 2 rings (SSSR count). The zero-order valence-electron chi connectivity index (χ0n) is 16.1. The molecule has 0 aromatic heterocycles. The number of rotatable bonds is 7. The number of ether oxygens (including phenoxy) is 1. The van der Waals surface area contributed by atoms with Crippen molar-refractivity contribution < 1.29 is 22.9 Å². The van der Waals surface area contributed by atoms with Crippen LogP contribution in [0.4, 0.5) is 0 Å². The Morgan fingerprint density at radius 2 is 1.31 bits per heavy atom. The van der Waals surface area contributed by atoms with Gasteiger partial charge >= 0.3 is 7.82 Å². The molecule has 0 aliphatic rings. The normalized spacial score (nSPS) is 11.3. The smallest absolute Gasteiger partial charge is 0.465 e. The van der Waals surface area contributed by atoms with Crippen LogP contribution < -0.4 is 9.26 Å². The molecule has 0 aliphatic carbocycles. The maximum Gasteiger partial charge on any atom is 0.529 e. The topological polar surface area (TPSA) is 54.0 Å². The van der Waals surface area contributed by atoms with Gasteiger partial charge in [-0.25, -0.2) is 4.57 Å². The van der Waals surface area contributed by atoms with Gasteiger partial charge in [0.05, 0.1) is 6.26 Å². The van der Waals surface area contributed by atoms with Crippen molar-refractivity contribution in [2.24, 2.45) is 0 Å². The van der Waals surface area contributed by atoms with Crippen molar-refractivity contribution in [2.45, 2.75) is 27.7 Å². The summed E-state index contributed by atoms with van der Waals surface area (Å²) in [5.74, 6) is 1.05. The van der Waals surface area contributed by atoms with Crippen LogP contribution in [-0.2, 0) is 13.6 Å². The molecule has 0 N–H and O–H groups in total. The van der Waals surface area contributed by atoms with Crippen molar-refractivity contribution in [3.8, 4) is 22.6 Å². The fourth-order valence-electron chi connectivity index (χ4n) is 2.74. The zero-order chi connectivity index (χ0) is 19.5. The van der Waals surface area contributed by atoms with Crippen molar-refractivity contribution in [1.82, 2.24) is 0 Å². The van der Waals surface area contributed by atoms with Gasteiger partial charge in [0.2, 0.25) is 0 Å². The van der Waals surface area contributed by atoms with Gasteiger partial charge in [-0.05, 0) is 62.1 Å². The fraction of sp³-hybridized carbons (Fsp3) is 0.300. The minimum absolute atomic E-state index is 0.405. The van der Waals surface area contributed by atoms with Gasteiger partial charge in [0.25, 0.3) is 0 Å². The molecule has 6 heteroatoms. The third-order valence-corrected chi connectivity index (χ3v) is 5.83. The van der Waals surface area contributed by atoms with Gasteiger partial charge in [-0.3, -0.25) is 9.05 Å². The van der Waals surface area contributed by atoms with E-state index in [0.29, 0.717) is 11.5 Å². The molecule has 0 bridgehead atoms. The molecule has 5 nitrogen and oxygen atoms in total. The van der Waals surface area contributed by atoms with E-state index < -0.39 is 7.82 Å². The van der Waals surface area contributed by atoms with Gasteiger partial charge in [-0.15, -0.1) is 0 Å². The average molecular weight is 376 g/mol. The predicted molar refractivity (Wildman–Crippen MR) is 104 cm³/mol. The second-order valence-corrected chi connectivity index (χ2v) is 7.76. The molecule has 0 aliphatic heterocycles. The number of aryl methyl sites for hydroxylation is 2. The standard InChI is InChI=1S/C20H25O5P/c1-8-24-17-11-9-13(2)15(4)19(17)20-16(5)14(3)10-12-18(20)25-26(21,22-6)23-7/h8-12H,1H2,2-7H3. The van der Waals surface area contributed by atoms with E-state index in [1.54, 1.807) is 6.07 Å². The highest BCUT2D eigenvalue weighted by atomic mass is 31.2. The lowest BCUT2D eigenvalue weighted by molar-refractivity contribution is 0.211. The minimum Gasteiger partial charge on any atom is -0.465 e. The number of phosphoric ester groups is 1. The summed E-state index contributed by atoms with van der Waals surface area (Å²) in [6.45, 7) is 11.7. The van der Waals surface area contributed by atoms with Gasteiger partial charge in [0, 0.05) is 25.3 Å². The molecule has 2 aromatic rings. The van der Waals surface area contributed by atoms with E-state index in [1.807, 2.05) is 45.9 Å². The Morgan fingerprint density at radius 1 is 0.846 bits per heavy atom. The van der Waals surface area contributed by atoms with E-state index in [2.05, 4.69) is 6.58 Å². The Hall–Kier alpha value is -2.07. The van der Waals surface area contributed by atoms with E-state index in [1.165, 1.54) is 20.5 Å². The minimum atomic E-state index is -3.70. The Balaban J connectivity index is 2.81. The summed E-state index contributed by atoms with van der Waals surface area (Å²) in [7, 11) is -1.13. The van der Waals surface area contributed by atoms with Gasteiger partial charge in [0.1, 0.15) is 11.5 Å². The van der Waals surface area contributed by atoms with Crippen molar-refractivity contribution >= 4 is 7.82 Å². The van der Waals surface area contributed by atoms with Crippen LogP contribution in [0, 0.1) is 27.7 Å². The van der Waals surface area contributed by atoms with Gasteiger partial charge in [-0.2, -0.15) is 0 Å². The van der Waals surface area contributed by atoms with Crippen LogP contribution in [0.3, 0.4) is 0 Å². The molecule has 0 spiro atoms. The van der Waals surface area contributed by atoms with Crippen molar-refractivity contribution in [3.05, 3.63) is 59.4 Å². The van der Waals surface area contributed by atoms with Crippen molar-refractivity contribution in [2.75, 3.05) is 14.2 Å². The first kappa shape index (κ1) is 20.2. The molecule has 26 heavy (non-hydrogen) atoms. The highest BCUT2D eigenvalue weighted by Gasteiger charge is 2.28. The number of benzene rings is 2. The van der Waals surface area contributed by atoms with Crippen LogP contribution >= 0.6 is 7.82 Å². The zero-order valence-corrected chi connectivity index (χ0v) is 17.0. The maximum absolute atomic E-state index is 12.5. The third-order valence-electron chi connectivity index (χ3n) is 4.51. The van der Waals surface area contributed by atoms with Crippen molar-refractivity contribution in [3.63, 3.8) is 0 Å². The molecule has 0 radical (unpaired) electrons. The Morgan fingerprint density at radius 3 is 1.77 bits per heavy atom. The summed E-state index contributed by atoms with van der Waals surface area (Å²) in [6.07, 6.45) is 1.38. The SMILES string of the molecule is C=COc1ccc(C)c(C)c1-c1c(OP(=O)(OC)OC)ccc(C)c1C. The van der Waals surface area contributed by atoms with Gasteiger partial charge in [0.15, 0.2) is 0 Å².